The van der Waals surface area contributed by atoms with Crippen LogP contribution in [0.2, 0.25) is 0 Å². The Hall–Kier alpha value is 0.407. The molecule has 0 unspecified atom stereocenters. The van der Waals surface area contributed by atoms with Gasteiger partial charge >= 0.3 is 40.7 Å². The Morgan fingerprint density at radius 2 is 1.17 bits per heavy atom. The molecule has 0 saturated heterocycles. The van der Waals surface area contributed by atoms with Gasteiger partial charge in [0.15, 0.2) is 0 Å². The van der Waals surface area contributed by atoms with Crippen LogP contribution >= 0.6 is 0 Å². The van der Waals surface area contributed by atoms with Crippen LogP contribution in [0.3, 0.4) is 0 Å². The molecule has 0 saturated carbocycles. The molecule has 0 amide bonds. The summed E-state index contributed by atoms with van der Waals surface area (Å²) in [7, 11) is 0. The first kappa shape index (κ1) is 9.64. The maximum atomic E-state index is 8.94. The van der Waals surface area contributed by atoms with Crippen LogP contribution in [0.4, 0.5) is 0 Å². The van der Waals surface area contributed by atoms with E-state index in [1.54, 1.807) is 0 Å². The van der Waals surface area contributed by atoms with Crippen LogP contribution in [-0.4, -0.2) is 36.9 Å². The maximum absolute atomic E-state index is 8.94. The van der Waals surface area contributed by atoms with Crippen molar-refractivity contribution in [2.75, 3.05) is 0 Å². The Morgan fingerprint density at radius 1 is 1.17 bits per heavy atom. The first-order valence-corrected chi connectivity index (χ1v) is 4.07. The van der Waals surface area contributed by atoms with E-state index in [0.717, 1.165) is 0 Å². The van der Waals surface area contributed by atoms with Gasteiger partial charge in [-0.25, -0.2) is 0 Å². The van der Waals surface area contributed by atoms with Crippen LogP contribution in [0.5, 0.6) is 0 Å². The molecule has 0 aromatic carbocycles. The molecule has 0 aliphatic rings. The fourth-order valence-corrected chi connectivity index (χ4v) is 0. The van der Waals surface area contributed by atoms with E-state index in [2.05, 4.69) is 0 Å². The normalized spacial score (nSPS) is 9.83. The molecule has 3 N–H and O–H groups in total. The van der Waals surface area contributed by atoms with E-state index >= 15 is 0 Å². The second-order valence-corrected chi connectivity index (χ2v) is 2.67. The Kier molecular flexibility index (Phi) is 4.11. The third-order valence-electron chi connectivity index (χ3n) is 0. The molecule has 0 aromatic rings. The third-order valence-corrected chi connectivity index (χ3v) is 0. The van der Waals surface area contributed by atoms with Crippen LogP contribution in [0.15, 0.2) is 0 Å². The van der Waals surface area contributed by atoms with Gasteiger partial charge in [0.25, 0.3) is 0 Å². The zero-order valence-corrected chi connectivity index (χ0v) is 4.07. The van der Waals surface area contributed by atoms with Crippen molar-refractivity contribution in [1.82, 2.24) is 0 Å². The van der Waals surface area contributed by atoms with E-state index in [-0.39, 0.29) is 10.1 Å². The quantitative estimate of drug-likeness (QED) is 0.322. The Morgan fingerprint density at radius 3 is 1.17 bits per heavy atom. The van der Waals surface area contributed by atoms with E-state index in [0.29, 0.717) is 0 Å². The number of rotatable bonds is 0. The number of hydrogen-bond donors (Lipinski definition) is 3. The Bertz CT molecular complexity index is 53.7. The van der Waals surface area contributed by atoms with Crippen LogP contribution in [0, 0.1) is 0 Å². The predicted octanol–water partition coefficient (Wildman–Crippen LogP) is -3.09. The molecular formula is H5AsBeO4. The topological polar surface area (TPSA) is 77.8 Å². The molecule has 0 atom stereocenters. The monoisotopic (exact) mass is 153 g/mol. The van der Waals surface area contributed by atoms with Crippen LogP contribution in [0.25, 0.3) is 0 Å². The van der Waals surface area contributed by atoms with Crippen LogP contribution in [0.1, 0.15) is 0 Å². The van der Waals surface area contributed by atoms with E-state index < -0.39 is 14.5 Å². The molecule has 0 heterocycles. The minimum absolute atomic E-state index is 0. The van der Waals surface area contributed by atoms with Gasteiger partial charge in [-0.2, -0.15) is 0 Å². The van der Waals surface area contributed by atoms with E-state index in [4.69, 9.17) is 16.0 Å². The molecular weight excluding hydrogens is 148 g/mol. The second-order valence-electron chi connectivity index (χ2n) is 0.513. The van der Waals surface area contributed by atoms with Crippen molar-refractivity contribution >= 4 is 24.6 Å². The van der Waals surface area contributed by atoms with Gasteiger partial charge in [0.05, 0.1) is 0 Å². The molecule has 0 spiro atoms. The van der Waals surface area contributed by atoms with Crippen molar-refractivity contribution in [3.8, 4) is 0 Å². The van der Waals surface area contributed by atoms with Gasteiger partial charge in [0, 0.05) is 0 Å². The van der Waals surface area contributed by atoms with Gasteiger partial charge in [-0.15, -0.1) is 0 Å². The fraction of sp³-hybridized carbons (Fsp3) is 0. The van der Waals surface area contributed by atoms with Gasteiger partial charge in [0.1, 0.15) is 0 Å². The van der Waals surface area contributed by atoms with Crippen molar-refractivity contribution in [3.63, 3.8) is 0 Å². The minimum atomic E-state index is -5.12. The summed E-state index contributed by atoms with van der Waals surface area (Å²) in [6, 6.07) is 0. The molecule has 0 fully saturated rings. The Balaban J connectivity index is 0. The summed E-state index contributed by atoms with van der Waals surface area (Å²) in [4.78, 5) is 0. The van der Waals surface area contributed by atoms with Crippen molar-refractivity contribution < 1.29 is 16.0 Å². The first-order chi connectivity index (χ1) is 2.00. The average Bonchev–Trinajstić information content (AvgIpc) is 0.722. The zero-order valence-electron chi connectivity index (χ0n) is 2.20. The first-order valence-electron chi connectivity index (χ1n) is 0.783. The van der Waals surface area contributed by atoms with Crippen LogP contribution < -0.4 is 0 Å². The van der Waals surface area contributed by atoms with E-state index in [1.165, 1.54) is 0 Å². The van der Waals surface area contributed by atoms with Gasteiger partial charge in [-0.05, 0) is 0 Å². The van der Waals surface area contributed by atoms with E-state index in [9.17, 15) is 0 Å². The molecule has 0 bridgehead atoms. The molecule has 0 aliphatic carbocycles. The second kappa shape index (κ2) is 2.56. The zero-order chi connectivity index (χ0) is 4.50. The van der Waals surface area contributed by atoms with Crippen molar-refractivity contribution in [3.05, 3.63) is 0 Å². The molecule has 0 radical (unpaired) electrons. The molecule has 36 valence electrons. The standard InChI is InChI=1S/AsH3O4.Be.2H/c2-1(3,4)5;;;/h(H3,2,3,4,5);;;. The van der Waals surface area contributed by atoms with Crippen LogP contribution in [-0.2, 0) is 3.74 Å². The molecule has 6 heteroatoms. The predicted molar refractivity (Wildman–Crippen MR) is 21.6 cm³/mol. The summed E-state index contributed by atoms with van der Waals surface area (Å²) in [6.45, 7) is 0. The average molecular weight is 153 g/mol. The van der Waals surface area contributed by atoms with Crippen molar-refractivity contribution in [2.45, 2.75) is 0 Å². The summed E-state index contributed by atoms with van der Waals surface area (Å²) < 4.78 is 30.7. The van der Waals surface area contributed by atoms with Gasteiger partial charge in [0.2, 0.25) is 0 Å². The summed E-state index contributed by atoms with van der Waals surface area (Å²) in [6.07, 6.45) is 0. The summed E-state index contributed by atoms with van der Waals surface area (Å²) >= 11 is -5.12. The fourth-order valence-electron chi connectivity index (χ4n) is 0. The third kappa shape index (κ3) is 308. The molecule has 4 nitrogen and oxygen atoms in total. The van der Waals surface area contributed by atoms with Gasteiger partial charge in [-0.1, -0.05) is 0 Å². The Labute approximate surface area is 41.4 Å². The molecule has 0 rings (SSSR count). The number of hydrogen-bond acceptors (Lipinski definition) is 1. The molecule has 0 aromatic heterocycles. The van der Waals surface area contributed by atoms with Gasteiger partial charge < -0.3 is 0 Å². The van der Waals surface area contributed by atoms with E-state index in [1.807, 2.05) is 0 Å². The summed E-state index contributed by atoms with van der Waals surface area (Å²) in [5, 5.41) is 0. The van der Waals surface area contributed by atoms with Crippen molar-refractivity contribution in [2.24, 2.45) is 0 Å². The van der Waals surface area contributed by atoms with Gasteiger partial charge in [-0.3, -0.25) is 0 Å². The summed E-state index contributed by atoms with van der Waals surface area (Å²) in [5.41, 5.74) is 0. The molecule has 0 aliphatic heterocycles. The summed E-state index contributed by atoms with van der Waals surface area (Å²) in [5.74, 6) is 0. The molecule has 6 heavy (non-hydrogen) atoms. The van der Waals surface area contributed by atoms with Crippen molar-refractivity contribution in [1.29, 1.82) is 0 Å². The SMILES string of the molecule is O=[As](O)(O)O.[BeH2].